The van der Waals surface area contributed by atoms with Gasteiger partial charge in [0.15, 0.2) is 0 Å². The second-order valence-corrected chi connectivity index (χ2v) is 8.91. The van der Waals surface area contributed by atoms with Crippen molar-refractivity contribution >= 4 is 11.9 Å². The highest BCUT2D eigenvalue weighted by Crippen LogP contribution is 2.64. The molecule has 1 aliphatic heterocycles. The summed E-state index contributed by atoms with van der Waals surface area (Å²) in [5.74, 6) is -0.729. The average molecular weight is 388 g/mol. The Labute approximate surface area is 164 Å². The summed E-state index contributed by atoms with van der Waals surface area (Å²) >= 11 is 0. The largest absolute Gasteiger partial charge is 0.472 e. The number of ether oxygens (including phenoxy) is 2. The van der Waals surface area contributed by atoms with Crippen LogP contribution in [0.1, 0.15) is 45.6 Å². The van der Waals surface area contributed by atoms with Crippen LogP contribution in [-0.4, -0.2) is 35.9 Å². The lowest BCUT2D eigenvalue weighted by Gasteiger charge is -2.59. The SMILES string of the molecule is CC(=O)O[C@@H]1CC=C2C(=O)OC[C@]23C[C@H](O)[C@H](C)[C@](C)(CCc2ccoc2)[C@H]13. The van der Waals surface area contributed by atoms with Crippen molar-refractivity contribution in [2.45, 2.75) is 58.7 Å². The van der Waals surface area contributed by atoms with Gasteiger partial charge in [-0.25, -0.2) is 4.79 Å². The van der Waals surface area contributed by atoms with Crippen LogP contribution in [0.4, 0.5) is 0 Å². The third kappa shape index (κ3) is 2.81. The second-order valence-electron chi connectivity index (χ2n) is 8.91. The van der Waals surface area contributed by atoms with Crippen molar-refractivity contribution < 1.29 is 28.6 Å². The van der Waals surface area contributed by atoms with Crippen molar-refractivity contribution in [1.82, 2.24) is 0 Å². The van der Waals surface area contributed by atoms with Crippen LogP contribution in [0.3, 0.4) is 0 Å². The van der Waals surface area contributed by atoms with E-state index in [1.165, 1.54) is 6.92 Å². The minimum atomic E-state index is -0.605. The van der Waals surface area contributed by atoms with Gasteiger partial charge in [-0.15, -0.1) is 0 Å². The summed E-state index contributed by atoms with van der Waals surface area (Å²) in [6.07, 6.45) is 6.90. The van der Waals surface area contributed by atoms with E-state index in [-0.39, 0.29) is 41.9 Å². The Balaban J connectivity index is 1.77. The predicted octanol–water partition coefficient (Wildman–Crippen LogP) is 3.04. The Morgan fingerprint density at radius 3 is 2.89 bits per heavy atom. The van der Waals surface area contributed by atoms with Crippen LogP contribution in [0.25, 0.3) is 0 Å². The Bertz CT molecular complexity index is 796. The maximum absolute atomic E-state index is 12.4. The van der Waals surface area contributed by atoms with Gasteiger partial charge in [0.05, 0.1) is 18.6 Å². The minimum Gasteiger partial charge on any atom is -0.472 e. The fraction of sp³-hybridized carbons (Fsp3) is 0.636. The van der Waals surface area contributed by atoms with Gasteiger partial charge in [0, 0.05) is 30.3 Å². The quantitative estimate of drug-likeness (QED) is 0.798. The molecule has 0 radical (unpaired) electrons. The first-order valence-electron chi connectivity index (χ1n) is 10.0. The number of carbonyl (C=O) groups excluding carboxylic acids is 2. The van der Waals surface area contributed by atoms with Crippen LogP contribution in [0, 0.1) is 22.7 Å². The Morgan fingerprint density at radius 1 is 1.43 bits per heavy atom. The molecule has 152 valence electrons. The number of aliphatic hydroxyl groups excluding tert-OH is 1. The van der Waals surface area contributed by atoms with Gasteiger partial charge in [0.2, 0.25) is 0 Å². The highest BCUT2D eigenvalue weighted by atomic mass is 16.5. The zero-order valence-electron chi connectivity index (χ0n) is 16.6. The number of hydrogen-bond acceptors (Lipinski definition) is 6. The summed E-state index contributed by atoms with van der Waals surface area (Å²) in [5, 5.41) is 11.0. The zero-order chi connectivity index (χ0) is 20.1. The molecule has 6 atom stereocenters. The van der Waals surface area contributed by atoms with E-state index in [2.05, 4.69) is 13.8 Å². The molecule has 3 aliphatic rings. The molecule has 1 spiro atoms. The summed E-state index contributed by atoms with van der Waals surface area (Å²) in [6.45, 7) is 5.89. The monoisotopic (exact) mass is 388 g/mol. The first-order chi connectivity index (χ1) is 13.3. The lowest BCUT2D eigenvalue weighted by molar-refractivity contribution is -0.183. The topological polar surface area (TPSA) is 86.0 Å². The van der Waals surface area contributed by atoms with E-state index in [1.807, 2.05) is 12.1 Å². The number of hydrogen-bond donors (Lipinski definition) is 1. The third-order valence-electron chi connectivity index (χ3n) is 7.49. The lowest BCUT2D eigenvalue weighted by atomic mass is 9.45. The maximum atomic E-state index is 12.4. The van der Waals surface area contributed by atoms with E-state index >= 15 is 0 Å². The molecule has 4 rings (SSSR count). The summed E-state index contributed by atoms with van der Waals surface area (Å²) in [4.78, 5) is 24.3. The van der Waals surface area contributed by atoms with Crippen molar-refractivity contribution in [3.63, 3.8) is 0 Å². The molecule has 6 nitrogen and oxygen atoms in total. The van der Waals surface area contributed by atoms with Crippen molar-refractivity contribution in [2.75, 3.05) is 6.61 Å². The molecule has 1 saturated heterocycles. The molecular weight excluding hydrogens is 360 g/mol. The zero-order valence-corrected chi connectivity index (χ0v) is 16.6. The Morgan fingerprint density at radius 2 is 2.21 bits per heavy atom. The van der Waals surface area contributed by atoms with Crippen LogP contribution < -0.4 is 0 Å². The lowest BCUT2D eigenvalue weighted by Crippen LogP contribution is -2.61. The summed E-state index contributed by atoms with van der Waals surface area (Å²) in [6, 6.07) is 1.95. The molecule has 0 amide bonds. The van der Waals surface area contributed by atoms with E-state index < -0.39 is 11.5 Å². The number of aryl methyl sites for hydroxylation is 1. The Hall–Kier alpha value is -2.08. The number of cyclic esters (lactones) is 1. The second kappa shape index (κ2) is 6.76. The van der Waals surface area contributed by atoms with Crippen molar-refractivity contribution in [3.8, 4) is 0 Å². The molecule has 1 aromatic heterocycles. The fourth-order valence-electron chi connectivity index (χ4n) is 6.01. The molecule has 0 unspecified atom stereocenters. The van der Waals surface area contributed by atoms with E-state index in [9.17, 15) is 14.7 Å². The highest BCUT2D eigenvalue weighted by Gasteiger charge is 2.66. The molecule has 2 heterocycles. The van der Waals surface area contributed by atoms with Crippen LogP contribution in [0.2, 0.25) is 0 Å². The number of esters is 2. The summed E-state index contributed by atoms with van der Waals surface area (Å²) in [5.41, 5.74) is 0.799. The molecule has 0 aromatic carbocycles. The predicted molar refractivity (Wildman–Crippen MR) is 100 cm³/mol. The number of rotatable bonds is 4. The first kappa shape index (κ1) is 19.2. The van der Waals surface area contributed by atoms with Gasteiger partial charge in [-0.2, -0.15) is 0 Å². The molecule has 6 heteroatoms. The molecule has 1 saturated carbocycles. The molecular formula is C22H28O6. The van der Waals surface area contributed by atoms with E-state index in [4.69, 9.17) is 13.9 Å². The van der Waals surface area contributed by atoms with Gasteiger partial charge < -0.3 is 19.0 Å². The van der Waals surface area contributed by atoms with E-state index in [0.29, 0.717) is 18.4 Å². The first-order valence-corrected chi connectivity index (χ1v) is 10.0. The fourth-order valence-corrected chi connectivity index (χ4v) is 6.01. The van der Waals surface area contributed by atoms with Gasteiger partial charge in [-0.3, -0.25) is 4.79 Å². The average Bonchev–Trinajstić information content (AvgIpc) is 3.26. The van der Waals surface area contributed by atoms with Crippen LogP contribution in [-0.2, 0) is 25.5 Å². The molecule has 1 N–H and O–H groups in total. The Kier molecular flexibility index (Phi) is 4.65. The standard InChI is InChI=1S/C22H28O6/c1-13-17(24)10-22-12-27-20(25)16(22)4-5-18(28-14(2)23)19(22)21(13,3)8-6-15-7-9-26-11-15/h4,7,9,11,13,17-19,24H,5-6,8,10,12H2,1-3H3/t13-,17-,18+,19-,21-,22+/m0/s1. The highest BCUT2D eigenvalue weighted by molar-refractivity contribution is 5.93. The normalized spacial score (nSPS) is 39.6. The van der Waals surface area contributed by atoms with Gasteiger partial charge in [0.25, 0.3) is 0 Å². The maximum Gasteiger partial charge on any atom is 0.334 e. The minimum absolute atomic E-state index is 0.0110. The van der Waals surface area contributed by atoms with Crippen LogP contribution >= 0.6 is 0 Å². The molecule has 2 aliphatic carbocycles. The number of carbonyl (C=O) groups is 2. The van der Waals surface area contributed by atoms with Crippen LogP contribution in [0.5, 0.6) is 0 Å². The van der Waals surface area contributed by atoms with Gasteiger partial charge in [-0.1, -0.05) is 19.9 Å². The van der Waals surface area contributed by atoms with Crippen molar-refractivity contribution in [2.24, 2.45) is 22.7 Å². The van der Waals surface area contributed by atoms with Crippen molar-refractivity contribution in [3.05, 3.63) is 35.8 Å². The van der Waals surface area contributed by atoms with Crippen molar-refractivity contribution in [1.29, 1.82) is 0 Å². The smallest absolute Gasteiger partial charge is 0.334 e. The molecule has 2 fully saturated rings. The molecule has 1 aromatic rings. The third-order valence-corrected chi connectivity index (χ3v) is 7.49. The number of aliphatic hydroxyl groups is 1. The summed E-state index contributed by atoms with van der Waals surface area (Å²) < 4.78 is 16.4. The van der Waals surface area contributed by atoms with Gasteiger partial charge >= 0.3 is 11.9 Å². The van der Waals surface area contributed by atoms with Crippen LogP contribution in [0.15, 0.2) is 34.7 Å². The molecule has 28 heavy (non-hydrogen) atoms. The van der Waals surface area contributed by atoms with Gasteiger partial charge in [0.1, 0.15) is 12.7 Å². The van der Waals surface area contributed by atoms with Gasteiger partial charge in [-0.05, 0) is 42.2 Å². The van der Waals surface area contributed by atoms with E-state index in [1.54, 1.807) is 12.5 Å². The summed E-state index contributed by atoms with van der Waals surface area (Å²) in [7, 11) is 0. The van der Waals surface area contributed by atoms with E-state index in [0.717, 1.165) is 18.4 Å². The number of furan rings is 1. The molecule has 0 bridgehead atoms.